The summed E-state index contributed by atoms with van der Waals surface area (Å²) in [6.07, 6.45) is 0. The van der Waals surface area contributed by atoms with Crippen molar-refractivity contribution in [2.24, 2.45) is 11.7 Å². The lowest BCUT2D eigenvalue weighted by Crippen LogP contribution is -2.33. The Labute approximate surface area is 96.8 Å². The van der Waals surface area contributed by atoms with E-state index in [9.17, 15) is 0 Å². The number of hydrogen-bond acceptors (Lipinski definition) is 2. The molecule has 2 nitrogen and oxygen atoms in total. The molecule has 1 rings (SSSR count). The highest BCUT2D eigenvalue weighted by molar-refractivity contribution is 6.31. The summed E-state index contributed by atoms with van der Waals surface area (Å²) in [4.78, 5) is 0. The third kappa shape index (κ3) is 3.73. The first-order chi connectivity index (χ1) is 7.00. The van der Waals surface area contributed by atoms with Crippen LogP contribution in [0.3, 0.4) is 0 Å². The molecule has 0 aromatic heterocycles. The molecule has 0 bridgehead atoms. The van der Waals surface area contributed by atoms with Gasteiger partial charge < -0.3 is 11.1 Å². The Morgan fingerprint density at radius 3 is 2.60 bits per heavy atom. The standard InChI is InChI=1S/C12H19ClN2/c1-8(2)12(14)7-15-10-5-4-9(3)11(13)6-10/h4-6,8,12,15H,7,14H2,1-3H3. The minimum Gasteiger partial charge on any atom is -0.383 e. The summed E-state index contributed by atoms with van der Waals surface area (Å²) in [6.45, 7) is 7.01. The molecule has 1 aromatic rings. The molecule has 0 saturated carbocycles. The van der Waals surface area contributed by atoms with Gasteiger partial charge in [0.1, 0.15) is 0 Å². The number of hydrogen-bond donors (Lipinski definition) is 2. The Kier molecular flexibility index (Phi) is 4.43. The van der Waals surface area contributed by atoms with Crippen LogP contribution >= 0.6 is 11.6 Å². The lowest BCUT2D eigenvalue weighted by atomic mass is 10.1. The first-order valence-corrected chi connectivity index (χ1v) is 5.64. The quantitative estimate of drug-likeness (QED) is 0.828. The van der Waals surface area contributed by atoms with Crippen LogP contribution in [0.5, 0.6) is 0 Å². The van der Waals surface area contributed by atoms with Crippen LogP contribution in [0.25, 0.3) is 0 Å². The largest absolute Gasteiger partial charge is 0.383 e. The number of anilines is 1. The number of benzene rings is 1. The molecule has 1 aromatic carbocycles. The third-order valence-electron chi connectivity index (χ3n) is 2.57. The first-order valence-electron chi connectivity index (χ1n) is 5.26. The van der Waals surface area contributed by atoms with Crippen molar-refractivity contribution in [2.45, 2.75) is 26.8 Å². The number of nitrogens with one attached hydrogen (secondary N) is 1. The Balaban J connectivity index is 2.55. The van der Waals surface area contributed by atoms with Crippen molar-refractivity contribution in [1.82, 2.24) is 0 Å². The van der Waals surface area contributed by atoms with Crippen molar-refractivity contribution in [1.29, 1.82) is 0 Å². The molecular weight excluding hydrogens is 208 g/mol. The number of rotatable bonds is 4. The smallest absolute Gasteiger partial charge is 0.0455 e. The molecule has 0 spiro atoms. The van der Waals surface area contributed by atoms with Gasteiger partial charge in [0.2, 0.25) is 0 Å². The highest BCUT2D eigenvalue weighted by atomic mass is 35.5. The second-order valence-electron chi connectivity index (χ2n) is 4.25. The zero-order chi connectivity index (χ0) is 11.4. The second-order valence-corrected chi connectivity index (χ2v) is 4.66. The molecular formula is C12H19ClN2. The zero-order valence-electron chi connectivity index (χ0n) is 9.55. The van der Waals surface area contributed by atoms with Gasteiger partial charge in [0.05, 0.1) is 0 Å². The summed E-state index contributed by atoms with van der Waals surface area (Å²) in [5, 5.41) is 4.07. The van der Waals surface area contributed by atoms with Gasteiger partial charge in [-0.3, -0.25) is 0 Å². The van der Waals surface area contributed by atoms with Crippen LogP contribution in [0.2, 0.25) is 5.02 Å². The van der Waals surface area contributed by atoms with Crippen LogP contribution in [0.15, 0.2) is 18.2 Å². The van der Waals surface area contributed by atoms with Crippen molar-refractivity contribution in [2.75, 3.05) is 11.9 Å². The van der Waals surface area contributed by atoms with E-state index in [1.165, 1.54) is 0 Å². The molecule has 0 radical (unpaired) electrons. The van der Waals surface area contributed by atoms with Gasteiger partial charge in [0, 0.05) is 23.3 Å². The van der Waals surface area contributed by atoms with Gasteiger partial charge in [-0.2, -0.15) is 0 Å². The summed E-state index contributed by atoms with van der Waals surface area (Å²) < 4.78 is 0. The SMILES string of the molecule is Cc1ccc(NCC(N)C(C)C)cc1Cl. The monoisotopic (exact) mass is 226 g/mol. The van der Waals surface area contributed by atoms with Crippen LogP contribution in [-0.4, -0.2) is 12.6 Å². The van der Waals surface area contributed by atoms with Crippen molar-refractivity contribution < 1.29 is 0 Å². The fourth-order valence-electron chi connectivity index (χ4n) is 1.17. The molecule has 0 aliphatic rings. The molecule has 1 atom stereocenters. The van der Waals surface area contributed by atoms with Gasteiger partial charge in [0.15, 0.2) is 0 Å². The van der Waals surface area contributed by atoms with Gasteiger partial charge in [-0.15, -0.1) is 0 Å². The van der Waals surface area contributed by atoms with Gasteiger partial charge in [0.25, 0.3) is 0 Å². The molecule has 0 fully saturated rings. The Morgan fingerprint density at radius 1 is 1.40 bits per heavy atom. The maximum atomic E-state index is 6.02. The van der Waals surface area contributed by atoms with Crippen molar-refractivity contribution >= 4 is 17.3 Å². The molecule has 15 heavy (non-hydrogen) atoms. The van der Waals surface area contributed by atoms with E-state index in [1.54, 1.807) is 0 Å². The van der Waals surface area contributed by atoms with Gasteiger partial charge >= 0.3 is 0 Å². The fraction of sp³-hybridized carbons (Fsp3) is 0.500. The molecule has 0 amide bonds. The lowest BCUT2D eigenvalue weighted by Gasteiger charge is -2.17. The van der Waals surface area contributed by atoms with Gasteiger partial charge in [-0.05, 0) is 30.5 Å². The maximum Gasteiger partial charge on any atom is 0.0455 e. The minimum absolute atomic E-state index is 0.171. The van der Waals surface area contributed by atoms with Crippen LogP contribution in [0.1, 0.15) is 19.4 Å². The normalized spacial score (nSPS) is 12.9. The Bertz CT molecular complexity index is 323. The van der Waals surface area contributed by atoms with E-state index in [0.717, 1.165) is 22.8 Å². The highest BCUT2D eigenvalue weighted by Crippen LogP contribution is 2.19. The number of halogens is 1. The van der Waals surface area contributed by atoms with Crippen LogP contribution in [0.4, 0.5) is 5.69 Å². The molecule has 3 N–H and O–H groups in total. The number of nitrogens with two attached hydrogens (primary N) is 1. The molecule has 1 unspecified atom stereocenters. The summed E-state index contributed by atoms with van der Waals surface area (Å²) in [5.41, 5.74) is 8.06. The summed E-state index contributed by atoms with van der Waals surface area (Å²) >= 11 is 6.02. The average molecular weight is 227 g/mol. The second kappa shape index (κ2) is 5.38. The van der Waals surface area contributed by atoms with Crippen LogP contribution in [-0.2, 0) is 0 Å². The highest BCUT2D eigenvalue weighted by Gasteiger charge is 2.06. The van der Waals surface area contributed by atoms with E-state index >= 15 is 0 Å². The summed E-state index contributed by atoms with van der Waals surface area (Å²) in [6, 6.07) is 6.13. The van der Waals surface area contributed by atoms with Crippen LogP contribution < -0.4 is 11.1 Å². The first kappa shape index (κ1) is 12.3. The van der Waals surface area contributed by atoms with Crippen molar-refractivity contribution in [3.05, 3.63) is 28.8 Å². The molecule has 3 heteroatoms. The molecule has 0 saturated heterocycles. The number of aryl methyl sites for hydroxylation is 1. The molecule has 0 aliphatic heterocycles. The predicted octanol–water partition coefficient (Wildman–Crippen LogP) is 3.04. The lowest BCUT2D eigenvalue weighted by molar-refractivity contribution is 0.511. The fourth-order valence-corrected chi connectivity index (χ4v) is 1.35. The Hall–Kier alpha value is -0.730. The van der Waals surface area contributed by atoms with E-state index in [0.29, 0.717) is 5.92 Å². The van der Waals surface area contributed by atoms with Crippen molar-refractivity contribution in [3.8, 4) is 0 Å². The van der Waals surface area contributed by atoms with Gasteiger partial charge in [-0.25, -0.2) is 0 Å². The zero-order valence-corrected chi connectivity index (χ0v) is 10.3. The van der Waals surface area contributed by atoms with E-state index in [2.05, 4.69) is 19.2 Å². The van der Waals surface area contributed by atoms with E-state index in [-0.39, 0.29) is 6.04 Å². The minimum atomic E-state index is 0.171. The molecule has 0 heterocycles. The van der Waals surface area contributed by atoms with Crippen molar-refractivity contribution in [3.63, 3.8) is 0 Å². The summed E-state index contributed by atoms with van der Waals surface area (Å²) in [7, 11) is 0. The van der Waals surface area contributed by atoms with E-state index < -0.39 is 0 Å². The maximum absolute atomic E-state index is 6.02. The third-order valence-corrected chi connectivity index (χ3v) is 2.98. The topological polar surface area (TPSA) is 38.0 Å². The molecule has 0 aliphatic carbocycles. The summed E-state index contributed by atoms with van der Waals surface area (Å²) in [5.74, 6) is 0.485. The van der Waals surface area contributed by atoms with Crippen LogP contribution in [0, 0.1) is 12.8 Å². The predicted molar refractivity (Wildman–Crippen MR) is 67.5 cm³/mol. The van der Waals surface area contributed by atoms with Gasteiger partial charge in [-0.1, -0.05) is 31.5 Å². The Morgan fingerprint density at radius 2 is 2.07 bits per heavy atom. The van der Waals surface area contributed by atoms with E-state index in [4.69, 9.17) is 17.3 Å². The van der Waals surface area contributed by atoms with E-state index in [1.807, 2.05) is 25.1 Å². The average Bonchev–Trinajstić information content (AvgIpc) is 2.19. The molecule has 84 valence electrons.